The second kappa shape index (κ2) is 4.38. The molecule has 0 amide bonds. The minimum Gasteiger partial charge on any atom is -0.504 e. The van der Waals surface area contributed by atoms with E-state index in [4.69, 9.17) is 15.2 Å². The van der Waals surface area contributed by atoms with Crippen LogP contribution in [-0.2, 0) is 5.41 Å². The molecule has 1 fully saturated rings. The van der Waals surface area contributed by atoms with E-state index < -0.39 is 0 Å². The number of methoxy groups -OCH3 is 2. The maximum Gasteiger partial charge on any atom is 0.203 e. The summed E-state index contributed by atoms with van der Waals surface area (Å²) in [5, 5.41) is 10.3. The molecular weight excluding hydrogens is 286 g/mol. The molecule has 1 saturated carbocycles. The van der Waals surface area contributed by atoms with E-state index in [9.17, 15) is 5.11 Å². The molecule has 0 spiro atoms. The van der Waals surface area contributed by atoms with Crippen molar-refractivity contribution in [3.8, 4) is 17.2 Å². The van der Waals surface area contributed by atoms with E-state index in [0.717, 1.165) is 22.9 Å². The summed E-state index contributed by atoms with van der Waals surface area (Å²) < 4.78 is 11.2. The molecule has 1 aromatic rings. The second-order valence-electron chi connectivity index (χ2n) is 4.30. The van der Waals surface area contributed by atoms with Crippen LogP contribution in [0.4, 0.5) is 0 Å². The molecule has 3 N–H and O–H groups in total. The van der Waals surface area contributed by atoms with Crippen LogP contribution in [0.1, 0.15) is 18.4 Å². The van der Waals surface area contributed by atoms with Gasteiger partial charge in [-0.1, -0.05) is 15.9 Å². The Kier molecular flexibility index (Phi) is 3.23. The van der Waals surface area contributed by atoms with Crippen molar-refractivity contribution in [1.29, 1.82) is 0 Å². The van der Waals surface area contributed by atoms with Crippen LogP contribution in [-0.4, -0.2) is 25.9 Å². The molecule has 1 aromatic carbocycles. The predicted octanol–water partition coefficient (Wildman–Crippen LogP) is 2.16. The van der Waals surface area contributed by atoms with Crippen molar-refractivity contribution in [2.45, 2.75) is 18.3 Å². The third kappa shape index (κ3) is 1.87. The number of halogens is 1. The van der Waals surface area contributed by atoms with Crippen LogP contribution in [0.2, 0.25) is 0 Å². The first kappa shape index (κ1) is 12.5. The van der Waals surface area contributed by atoms with Crippen LogP contribution in [0.15, 0.2) is 10.5 Å². The van der Waals surface area contributed by atoms with Gasteiger partial charge in [-0.05, 0) is 18.9 Å². The lowest BCUT2D eigenvalue weighted by Gasteiger charge is -2.20. The zero-order chi connectivity index (χ0) is 12.6. The first-order valence-electron chi connectivity index (χ1n) is 5.43. The molecule has 0 bridgehead atoms. The fourth-order valence-corrected chi connectivity index (χ4v) is 2.97. The number of ether oxygens (including phenoxy) is 2. The van der Waals surface area contributed by atoms with Crippen LogP contribution >= 0.6 is 15.9 Å². The van der Waals surface area contributed by atoms with Gasteiger partial charge in [0.25, 0.3) is 0 Å². The maximum atomic E-state index is 10.3. The lowest BCUT2D eigenvalue weighted by Crippen LogP contribution is -2.20. The number of hydrogen-bond donors (Lipinski definition) is 2. The van der Waals surface area contributed by atoms with Gasteiger partial charge in [0.1, 0.15) is 0 Å². The number of benzene rings is 1. The zero-order valence-corrected chi connectivity index (χ0v) is 11.5. The molecule has 17 heavy (non-hydrogen) atoms. The van der Waals surface area contributed by atoms with Gasteiger partial charge < -0.3 is 20.3 Å². The smallest absolute Gasteiger partial charge is 0.203 e. The molecule has 0 aliphatic heterocycles. The average Bonchev–Trinajstić information content (AvgIpc) is 3.09. The Morgan fingerprint density at radius 3 is 2.47 bits per heavy atom. The van der Waals surface area contributed by atoms with Crippen molar-refractivity contribution >= 4 is 15.9 Å². The summed E-state index contributed by atoms with van der Waals surface area (Å²) in [7, 11) is 3.05. The summed E-state index contributed by atoms with van der Waals surface area (Å²) >= 11 is 3.47. The Labute approximate surface area is 109 Å². The SMILES string of the molecule is COc1cc(Br)c(C2(CN)CC2)c(O)c1OC. The standard InChI is InChI=1S/C12H16BrNO3/c1-16-8-5-7(13)9(10(15)11(8)17-2)12(6-14)3-4-12/h5,15H,3-4,6,14H2,1-2H3. The number of phenolic OH excluding ortho intramolecular Hbond substituents is 1. The van der Waals surface area contributed by atoms with Gasteiger partial charge in [0.05, 0.1) is 14.2 Å². The Bertz CT molecular complexity index is 444. The molecule has 0 unspecified atom stereocenters. The van der Waals surface area contributed by atoms with Crippen molar-refractivity contribution < 1.29 is 14.6 Å². The Morgan fingerprint density at radius 1 is 1.41 bits per heavy atom. The van der Waals surface area contributed by atoms with Crippen LogP contribution in [0.5, 0.6) is 17.2 Å². The molecule has 0 aromatic heterocycles. The zero-order valence-electron chi connectivity index (χ0n) is 9.92. The van der Waals surface area contributed by atoms with Gasteiger partial charge in [-0.25, -0.2) is 0 Å². The van der Waals surface area contributed by atoms with E-state index in [1.54, 1.807) is 7.11 Å². The largest absolute Gasteiger partial charge is 0.504 e. The van der Waals surface area contributed by atoms with Crippen molar-refractivity contribution in [3.05, 3.63) is 16.1 Å². The van der Waals surface area contributed by atoms with E-state index >= 15 is 0 Å². The molecule has 1 aliphatic carbocycles. The number of phenols is 1. The molecule has 4 nitrogen and oxygen atoms in total. The van der Waals surface area contributed by atoms with Crippen LogP contribution in [0, 0.1) is 0 Å². The number of aromatic hydroxyl groups is 1. The first-order chi connectivity index (χ1) is 8.09. The topological polar surface area (TPSA) is 64.7 Å². The average molecular weight is 302 g/mol. The third-order valence-corrected chi connectivity index (χ3v) is 4.00. The van der Waals surface area contributed by atoms with Crippen LogP contribution < -0.4 is 15.2 Å². The highest BCUT2D eigenvalue weighted by molar-refractivity contribution is 9.10. The molecule has 0 saturated heterocycles. The molecule has 0 atom stereocenters. The summed E-state index contributed by atoms with van der Waals surface area (Å²) in [6.07, 6.45) is 1.98. The van der Waals surface area contributed by atoms with Gasteiger partial charge in [-0.3, -0.25) is 0 Å². The maximum absolute atomic E-state index is 10.3. The summed E-state index contributed by atoms with van der Waals surface area (Å²) in [5.74, 6) is 1.00. The quantitative estimate of drug-likeness (QED) is 0.894. The molecule has 0 heterocycles. The Morgan fingerprint density at radius 2 is 2.06 bits per heavy atom. The monoisotopic (exact) mass is 301 g/mol. The van der Waals surface area contributed by atoms with Gasteiger partial charge in [0.15, 0.2) is 11.5 Å². The van der Waals surface area contributed by atoms with Crippen molar-refractivity contribution in [2.75, 3.05) is 20.8 Å². The highest BCUT2D eigenvalue weighted by Gasteiger charge is 2.47. The van der Waals surface area contributed by atoms with E-state index in [0.29, 0.717) is 18.0 Å². The molecule has 0 radical (unpaired) electrons. The van der Waals surface area contributed by atoms with E-state index in [-0.39, 0.29) is 11.2 Å². The van der Waals surface area contributed by atoms with Crippen LogP contribution in [0.25, 0.3) is 0 Å². The number of rotatable bonds is 4. The van der Waals surface area contributed by atoms with Gasteiger partial charge in [-0.2, -0.15) is 0 Å². The first-order valence-corrected chi connectivity index (χ1v) is 6.23. The second-order valence-corrected chi connectivity index (χ2v) is 5.16. The van der Waals surface area contributed by atoms with E-state index in [2.05, 4.69) is 15.9 Å². The number of hydrogen-bond acceptors (Lipinski definition) is 4. The van der Waals surface area contributed by atoms with Crippen molar-refractivity contribution in [1.82, 2.24) is 0 Å². The van der Waals surface area contributed by atoms with Gasteiger partial charge in [-0.15, -0.1) is 0 Å². The molecular formula is C12H16BrNO3. The molecule has 1 aliphatic rings. The lowest BCUT2D eigenvalue weighted by atomic mass is 9.94. The predicted molar refractivity (Wildman–Crippen MR) is 68.9 cm³/mol. The molecule has 5 heteroatoms. The minimum atomic E-state index is -0.109. The fraction of sp³-hybridized carbons (Fsp3) is 0.500. The van der Waals surface area contributed by atoms with Gasteiger partial charge >= 0.3 is 0 Å². The lowest BCUT2D eigenvalue weighted by molar-refractivity contribution is 0.329. The summed E-state index contributed by atoms with van der Waals surface area (Å²) in [6.45, 7) is 0.522. The van der Waals surface area contributed by atoms with Gasteiger partial charge in [0, 0.05) is 22.0 Å². The summed E-state index contributed by atoms with van der Waals surface area (Å²) in [4.78, 5) is 0. The van der Waals surface area contributed by atoms with Gasteiger partial charge in [0.2, 0.25) is 5.75 Å². The third-order valence-electron chi connectivity index (χ3n) is 3.37. The molecule has 94 valence electrons. The summed E-state index contributed by atoms with van der Waals surface area (Å²) in [5.41, 5.74) is 6.52. The van der Waals surface area contributed by atoms with Crippen LogP contribution in [0.3, 0.4) is 0 Å². The molecule has 2 rings (SSSR count). The summed E-state index contributed by atoms with van der Waals surface area (Å²) in [6, 6.07) is 1.81. The van der Waals surface area contributed by atoms with E-state index in [1.807, 2.05) is 6.07 Å². The van der Waals surface area contributed by atoms with Crippen molar-refractivity contribution in [2.24, 2.45) is 5.73 Å². The Balaban J connectivity index is 2.61. The van der Waals surface area contributed by atoms with Crippen molar-refractivity contribution in [3.63, 3.8) is 0 Å². The normalized spacial score (nSPS) is 16.7. The minimum absolute atomic E-state index is 0.109. The van der Waals surface area contributed by atoms with E-state index in [1.165, 1.54) is 7.11 Å². The highest BCUT2D eigenvalue weighted by Crippen LogP contribution is 2.56. The highest BCUT2D eigenvalue weighted by atomic mass is 79.9. The fourth-order valence-electron chi connectivity index (χ4n) is 2.16. The Hall–Kier alpha value is -0.940. The number of nitrogens with two attached hydrogens (primary N) is 1.